The fourth-order valence-electron chi connectivity index (χ4n) is 4.83. The van der Waals surface area contributed by atoms with Gasteiger partial charge in [-0.2, -0.15) is 13.2 Å². The number of amides is 2. The van der Waals surface area contributed by atoms with Crippen molar-refractivity contribution in [2.24, 2.45) is 5.92 Å². The molecule has 212 valence electrons. The molecule has 39 heavy (non-hydrogen) atoms. The van der Waals surface area contributed by atoms with E-state index >= 15 is 0 Å². The Hall–Kier alpha value is -2.56. The molecule has 0 radical (unpaired) electrons. The first kappa shape index (κ1) is 29.4. The van der Waals surface area contributed by atoms with Crippen LogP contribution in [0, 0.1) is 5.92 Å². The van der Waals surface area contributed by atoms with Crippen molar-refractivity contribution < 1.29 is 27.5 Å². The van der Waals surface area contributed by atoms with Crippen molar-refractivity contribution >= 4 is 40.7 Å². The smallest absolute Gasteiger partial charge is 0.380 e. The molecule has 1 aliphatic carbocycles. The number of nitrogens with zero attached hydrogens (tertiary/aromatic N) is 3. The van der Waals surface area contributed by atoms with Crippen LogP contribution in [-0.4, -0.2) is 71.2 Å². The summed E-state index contributed by atoms with van der Waals surface area (Å²) in [5.41, 5.74) is 1.79. The van der Waals surface area contributed by atoms with Gasteiger partial charge in [0.05, 0.1) is 39.1 Å². The SMILES string of the molecule is CN(C(=O)C1CN(C(=O)COC(C)(C)C)C1)C(c1ccc(NC2Cc3ccc(Cl)c(Cl)c3C2)cn1)C(F)(F)F. The summed E-state index contributed by atoms with van der Waals surface area (Å²) in [4.78, 5) is 31.3. The summed E-state index contributed by atoms with van der Waals surface area (Å²) < 4.78 is 47.8. The van der Waals surface area contributed by atoms with Crippen LogP contribution in [0.2, 0.25) is 10.0 Å². The molecule has 7 nitrogen and oxygen atoms in total. The Morgan fingerprint density at radius 3 is 2.44 bits per heavy atom. The number of fused-ring (bicyclic) bond motifs is 1. The summed E-state index contributed by atoms with van der Waals surface area (Å²) in [6, 6.07) is 4.24. The number of hydrogen-bond acceptors (Lipinski definition) is 5. The lowest BCUT2D eigenvalue weighted by Gasteiger charge is -2.41. The molecular weight excluding hydrogens is 556 g/mol. The third kappa shape index (κ3) is 6.78. The molecule has 1 aromatic carbocycles. The number of ether oxygens (including phenoxy) is 1. The van der Waals surface area contributed by atoms with E-state index in [0.717, 1.165) is 18.2 Å². The van der Waals surface area contributed by atoms with Crippen LogP contribution in [0.3, 0.4) is 0 Å². The largest absolute Gasteiger partial charge is 0.414 e. The lowest BCUT2D eigenvalue weighted by Crippen LogP contribution is -2.58. The van der Waals surface area contributed by atoms with E-state index < -0.39 is 29.6 Å². The number of rotatable bonds is 7. The molecule has 0 bridgehead atoms. The number of carbonyl (C=O) groups is 2. The summed E-state index contributed by atoms with van der Waals surface area (Å²) >= 11 is 12.4. The zero-order valence-electron chi connectivity index (χ0n) is 22.1. The zero-order valence-corrected chi connectivity index (χ0v) is 23.6. The lowest BCUT2D eigenvalue weighted by atomic mass is 9.97. The molecule has 1 fully saturated rings. The number of carbonyl (C=O) groups excluding carboxylic acids is 2. The molecule has 2 aromatic rings. The highest BCUT2D eigenvalue weighted by molar-refractivity contribution is 6.42. The van der Waals surface area contributed by atoms with Crippen molar-refractivity contribution in [2.75, 3.05) is 32.1 Å². The standard InChI is InChI=1S/C27H31Cl2F3N4O3/c1-26(2,3)39-14-22(37)36-12-16(13-36)25(38)35(4)24(27(30,31)32)21-8-6-17(11-33-21)34-18-9-15-5-7-20(28)23(29)19(15)10-18/h5-8,11,16,18,24,34H,9-10,12-14H2,1-4H3. The molecule has 0 saturated carbocycles. The molecule has 4 rings (SSSR count). The molecule has 0 spiro atoms. The first-order valence-electron chi connectivity index (χ1n) is 12.6. The normalized spacial score (nSPS) is 18.4. The van der Waals surface area contributed by atoms with E-state index in [0.29, 0.717) is 33.5 Å². The van der Waals surface area contributed by atoms with Gasteiger partial charge in [0.25, 0.3) is 0 Å². The molecule has 2 unspecified atom stereocenters. The summed E-state index contributed by atoms with van der Waals surface area (Å²) in [6.45, 7) is 5.39. The molecule has 1 N–H and O–H groups in total. The fourth-order valence-corrected chi connectivity index (χ4v) is 5.27. The number of hydrogen-bond donors (Lipinski definition) is 1. The molecule has 2 heterocycles. The summed E-state index contributed by atoms with van der Waals surface area (Å²) in [7, 11) is 1.12. The van der Waals surface area contributed by atoms with Crippen LogP contribution in [0.1, 0.15) is 43.6 Å². The van der Waals surface area contributed by atoms with E-state index in [-0.39, 0.29) is 37.3 Å². The molecule has 1 aliphatic heterocycles. The van der Waals surface area contributed by atoms with E-state index in [1.165, 1.54) is 23.2 Å². The van der Waals surface area contributed by atoms with Crippen molar-refractivity contribution in [2.45, 2.75) is 57.5 Å². The van der Waals surface area contributed by atoms with Gasteiger partial charge in [-0.25, -0.2) is 0 Å². The topological polar surface area (TPSA) is 74.8 Å². The van der Waals surface area contributed by atoms with Gasteiger partial charge in [0.2, 0.25) is 11.8 Å². The Kier molecular flexibility index (Phi) is 8.40. The maximum absolute atomic E-state index is 14.1. The molecular formula is C27H31Cl2F3N4O3. The van der Waals surface area contributed by atoms with Gasteiger partial charge in [-0.1, -0.05) is 29.3 Å². The van der Waals surface area contributed by atoms with Gasteiger partial charge < -0.3 is 19.9 Å². The first-order valence-corrected chi connectivity index (χ1v) is 13.3. The Balaban J connectivity index is 1.38. The lowest BCUT2D eigenvalue weighted by molar-refractivity contribution is -0.193. The second-order valence-electron chi connectivity index (χ2n) is 11.0. The number of anilines is 1. The average molecular weight is 587 g/mol. The Bertz CT molecular complexity index is 1230. The van der Waals surface area contributed by atoms with Gasteiger partial charge in [0, 0.05) is 26.2 Å². The van der Waals surface area contributed by atoms with Crippen LogP contribution in [-0.2, 0) is 27.2 Å². The minimum absolute atomic E-state index is 0.00986. The number of aromatic nitrogens is 1. The van der Waals surface area contributed by atoms with E-state index in [4.69, 9.17) is 27.9 Å². The summed E-state index contributed by atoms with van der Waals surface area (Å²) in [6.07, 6.45) is -2.08. The van der Waals surface area contributed by atoms with Crippen molar-refractivity contribution in [3.05, 3.63) is 57.3 Å². The first-order chi connectivity index (χ1) is 18.1. The van der Waals surface area contributed by atoms with Gasteiger partial charge in [0.15, 0.2) is 6.04 Å². The minimum Gasteiger partial charge on any atom is -0.380 e. The quantitative estimate of drug-likeness (QED) is 0.476. The van der Waals surface area contributed by atoms with Crippen molar-refractivity contribution in [1.29, 1.82) is 0 Å². The maximum atomic E-state index is 14.1. The van der Waals surface area contributed by atoms with Crippen LogP contribution in [0.25, 0.3) is 0 Å². The van der Waals surface area contributed by atoms with E-state index in [1.807, 2.05) is 26.8 Å². The van der Waals surface area contributed by atoms with Gasteiger partial charge in [-0.15, -0.1) is 0 Å². The number of nitrogens with one attached hydrogen (secondary N) is 1. The monoisotopic (exact) mass is 586 g/mol. The Labute approximate surface area is 235 Å². The second kappa shape index (κ2) is 11.1. The second-order valence-corrected chi connectivity index (χ2v) is 11.8. The van der Waals surface area contributed by atoms with E-state index in [2.05, 4.69) is 10.3 Å². The molecule has 2 amide bonds. The minimum atomic E-state index is -4.74. The molecule has 2 atom stereocenters. The van der Waals surface area contributed by atoms with Crippen molar-refractivity contribution in [3.8, 4) is 0 Å². The number of pyridine rings is 1. The van der Waals surface area contributed by atoms with Crippen LogP contribution in [0.15, 0.2) is 30.5 Å². The van der Waals surface area contributed by atoms with Crippen LogP contribution in [0.5, 0.6) is 0 Å². The van der Waals surface area contributed by atoms with Crippen LogP contribution in [0.4, 0.5) is 18.9 Å². The third-order valence-electron chi connectivity index (χ3n) is 6.90. The number of likely N-dealkylation sites (tertiary alicyclic amines) is 1. The predicted molar refractivity (Wildman–Crippen MR) is 143 cm³/mol. The summed E-state index contributed by atoms with van der Waals surface area (Å²) in [5.74, 6) is -1.71. The highest BCUT2D eigenvalue weighted by atomic mass is 35.5. The number of alkyl halides is 3. The Morgan fingerprint density at radius 1 is 1.15 bits per heavy atom. The van der Waals surface area contributed by atoms with Crippen molar-refractivity contribution in [1.82, 2.24) is 14.8 Å². The van der Waals surface area contributed by atoms with Gasteiger partial charge in [-0.05, 0) is 62.9 Å². The third-order valence-corrected chi connectivity index (χ3v) is 7.75. The van der Waals surface area contributed by atoms with Gasteiger partial charge in [-0.3, -0.25) is 14.6 Å². The van der Waals surface area contributed by atoms with Crippen LogP contribution < -0.4 is 5.32 Å². The molecule has 1 saturated heterocycles. The Morgan fingerprint density at radius 2 is 1.85 bits per heavy atom. The van der Waals surface area contributed by atoms with Gasteiger partial charge >= 0.3 is 6.18 Å². The molecule has 2 aliphatic rings. The maximum Gasteiger partial charge on any atom is 0.414 e. The fraction of sp³-hybridized carbons (Fsp3) is 0.519. The highest BCUT2D eigenvalue weighted by Gasteiger charge is 2.49. The van der Waals surface area contributed by atoms with Gasteiger partial charge in [0.1, 0.15) is 6.61 Å². The predicted octanol–water partition coefficient (Wildman–Crippen LogP) is 5.30. The van der Waals surface area contributed by atoms with Crippen LogP contribution >= 0.6 is 23.2 Å². The molecule has 12 heteroatoms. The number of halogens is 5. The number of benzene rings is 1. The highest BCUT2D eigenvalue weighted by Crippen LogP contribution is 2.38. The van der Waals surface area contributed by atoms with E-state index in [9.17, 15) is 22.8 Å². The van der Waals surface area contributed by atoms with E-state index in [1.54, 1.807) is 6.07 Å². The van der Waals surface area contributed by atoms with Crippen molar-refractivity contribution in [3.63, 3.8) is 0 Å². The summed E-state index contributed by atoms with van der Waals surface area (Å²) in [5, 5.41) is 4.29. The zero-order chi connectivity index (χ0) is 28.7. The molecule has 1 aromatic heterocycles. The average Bonchev–Trinajstić information content (AvgIpc) is 3.22.